The van der Waals surface area contributed by atoms with Crippen LogP contribution in [-0.4, -0.2) is 16.9 Å². The van der Waals surface area contributed by atoms with Crippen LogP contribution in [-0.2, 0) is 13.0 Å². The summed E-state index contributed by atoms with van der Waals surface area (Å²) in [5.74, 6) is 7.04. The lowest BCUT2D eigenvalue weighted by Crippen LogP contribution is -2.38. The average Bonchev–Trinajstić information content (AvgIpc) is 2.88. The van der Waals surface area contributed by atoms with Gasteiger partial charge in [0.2, 0.25) is 0 Å². The van der Waals surface area contributed by atoms with E-state index in [1.165, 1.54) is 11.1 Å². The van der Waals surface area contributed by atoms with Gasteiger partial charge in [-0.05, 0) is 24.0 Å². The fourth-order valence-corrected chi connectivity index (χ4v) is 3.22. The summed E-state index contributed by atoms with van der Waals surface area (Å²) in [6.07, 6.45) is 3.84. The minimum atomic E-state index is 0.0175. The van der Waals surface area contributed by atoms with Crippen LogP contribution in [0.15, 0.2) is 30.5 Å². The summed E-state index contributed by atoms with van der Waals surface area (Å²) in [7, 11) is 1.68. The summed E-state index contributed by atoms with van der Waals surface area (Å²) in [5.41, 5.74) is 6.80. The molecule has 1 aromatic heterocycles. The van der Waals surface area contributed by atoms with Crippen molar-refractivity contribution in [1.29, 1.82) is 0 Å². The Morgan fingerprint density at radius 2 is 2.29 bits per heavy atom. The van der Waals surface area contributed by atoms with Crippen LogP contribution < -0.4 is 16.0 Å². The molecule has 0 bridgehead atoms. The van der Waals surface area contributed by atoms with Crippen molar-refractivity contribution in [1.82, 2.24) is 15.2 Å². The quantitative estimate of drug-likeness (QED) is 0.631. The highest BCUT2D eigenvalue weighted by atomic mass is 16.5. The fraction of sp³-hybridized carbons (Fsp3) is 0.438. The van der Waals surface area contributed by atoms with Crippen LogP contribution in [0, 0.1) is 0 Å². The Hall–Kier alpha value is -1.85. The van der Waals surface area contributed by atoms with E-state index in [1.807, 2.05) is 4.68 Å². The van der Waals surface area contributed by atoms with E-state index in [0.29, 0.717) is 5.92 Å². The van der Waals surface area contributed by atoms with Gasteiger partial charge in [0.05, 0.1) is 25.0 Å². The zero-order chi connectivity index (χ0) is 14.8. The number of nitrogens with two attached hydrogens (primary N) is 1. The normalized spacial score (nSPS) is 18.0. The van der Waals surface area contributed by atoms with Crippen molar-refractivity contribution in [3.63, 3.8) is 0 Å². The lowest BCUT2D eigenvalue weighted by molar-refractivity contribution is 0.356. The van der Waals surface area contributed by atoms with Crippen molar-refractivity contribution in [3.8, 4) is 5.75 Å². The first-order valence-electron chi connectivity index (χ1n) is 7.43. The number of fused-ring (bicyclic) bond motifs is 1. The van der Waals surface area contributed by atoms with Gasteiger partial charge in [0.15, 0.2) is 5.75 Å². The van der Waals surface area contributed by atoms with Gasteiger partial charge in [-0.3, -0.25) is 16.0 Å². The highest BCUT2D eigenvalue weighted by Gasteiger charge is 2.36. The summed E-state index contributed by atoms with van der Waals surface area (Å²) < 4.78 is 7.49. The smallest absolute Gasteiger partial charge is 0.161 e. The summed E-state index contributed by atoms with van der Waals surface area (Å²) in [6.45, 7) is 3.01. The van der Waals surface area contributed by atoms with Crippen molar-refractivity contribution < 1.29 is 4.74 Å². The van der Waals surface area contributed by atoms with Gasteiger partial charge in [-0.1, -0.05) is 31.2 Å². The third kappa shape index (κ3) is 2.32. The highest BCUT2D eigenvalue weighted by Crippen LogP contribution is 2.45. The predicted molar refractivity (Wildman–Crippen MR) is 82.0 cm³/mol. The molecule has 1 aliphatic carbocycles. The van der Waals surface area contributed by atoms with Gasteiger partial charge >= 0.3 is 0 Å². The van der Waals surface area contributed by atoms with Crippen LogP contribution in [0.5, 0.6) is 5.75 Å². The van der Waals surface area contributed by atoms with Gasteiger partial charge in [0.1, 0.15) is 0 Å². The number of hydrazine groups is 1. The van der Waals surface area contributed by atoms with Gasteiger partial charge in [0, 0.05) is 12.5 Å². The molecule has 2 atom stereocenters. The molecule has 5 nitrogen and oxygen atoms in total. The number of ether oxygens (including phenoxy) is 1. The minimum absolute atomic E-state index is 0.0175. The van der Waals surface area contributed by atoms with Crippen molar-refractivity contribution in [2.24, 2.45) is 5.84 Å². The number of aryl methyl sites for hydroxylation is 1. The van der Waals surface area contributed by atoms with Gasteiger partial charge in [0.25, 0.3) is 0 Å². The Balaban J connectivity index is 1.96. The predicted octanol–water partition coefficient (Wildman–Crippen LogP) is 2.15. The number of hydrogen-bond acceptors (Lipinski definition) is 4. The molecular formula is C16H22N4O. The molecule has 0 radical (unpaired) electrons. The second kappa shape index (κ2) is 5.87. The second-order valence-electron chi connectivity index (χ2n) is 5.48. The zero-order valence-corrected chi connectivity index (χ0v) is 12.5. The first-order valence-corrected chi connectivity index (χ1v) is 7.43. The van der Waals surface area contributed by atoms with Crippen LogP contribution in [0.1, 0.15) is 42.1 Å². The van der Waals surface area contributed by atoms with Crippen molar-refractivity contribution in [2.45, 2.75) is 38.3 Å². The molecule has 1 aromatic carbocycles. The van der Waals surface area contributed by atoms with E-state index in [1.54, 1.807) is 13.3 Å². The third-order valence-corrected chi connectivity index (χ3v) is 4.27. The molecule has 0 spiro atoms. The Kier molecular flexibility index (Phi) is 3.94. The fourth-order valence-electron chi connectivity index (χ4n) is 3.22. The van der Waals surface area contributed by atoms with Gasteiger partial charge in [-0.15, -0.1) is 0 Å². The van der Waals surface area contributed by atoms with Crippen LogP contribution in [0.2, 0.25) is 0 Å². The maximum atomic E-state index is 5.87. The molecule has 5 heteroatoms. The van der Waals surface area contributed by atoms with E-state index in [4.69, 9.17) is 10.6 Å². The molecule has 3 rings (SSSR count). The molecule has 0 amide bonds. The Morgan fingerprint density at radius 1 is 1.48 bits per heavy atom. The minimum Gasteiger partial charge on any atom is -0.493 e. The summed E-state index contributed by atoms with van der Waals surface area (Å²) in [6, 6.07) is 8.55. The van der Waals surface area contributed by atoms with Gasteiger partial charge < -0.3 is 4.74 Å². The molecule has 2 aromatic rings. The third-order valence-electron chi connectivity index (χ3n) is 4.27. The summed E-state index contributed by atoms with van der Waals surface area (Å²) in [5, 5.41) is 4.44. The topological polar surface area (TPSA) is 65.1 Å². The number of benzene rings is 1. The molecule has 3 N–H and O–H groups in total. The Labute approximate surface area is 125 Å². The average molecular weight is 286 g/mol. The summed E-state index contributed by atoms with van der Waals surface area (Å²) >= 11 is 0. The standard InChI is InChI=1S/C16H22N4O/c1-3-8-20-16(14(21-2)10-18-20)15(19-17)13-9-11-6-4-5-7-12(11)13/h4-7,10,13,15,19H,3,8-9,17H2,1-2H3. The number of nitrogens with one attached hydrogen (secondary N) is 1. The first kappa shape index (κ1) is 14.1. The van der Waals surface area contributed by atoms with Crippen LogP contribution in [0.4, 0.5) is 0 Å². The van der Waals surface area contributed by atoms with Crippen LogP contribution in [0.25, 0.3) is 0 Å². The summed E-state index contributed by atoms with van der Waals surface area (Å²) in [4.78, 5) is 0. The SMILES string of the molecule is CCCn1ncc(OC)c1C(NN)C1Cc2ccccc21. The van der Waals surface area contributed by atoms with Gasteiger partial charge in [-0.25, -0.2) is 0 Å². The number of hydrogen-bond donors (Lipinski definition) is 2. The number of rotatable bonds is 6. The maximum Gasteiger partial charge on any atom is 0.161 e. The Morgan fingerprint density at radius 3 is 2.95 bits per heavy atom. The van der Waals surface area contributed by atoms with E-state index in [2.05, 4.69) is 41.7 Å². The Bertz CT molecular complexity index is 622. The molecule has 1 aliphatic rings. The molecule has 0 aliphatic heterocycles. The molecule has 2 unspecified atom stereocenters. The molecule has 1 heterocycles. The van der Waals surface area contributed by atoms with E-state index in [9.17, 15) is 0 Å². The van der Waals surface area contributed by atoms with E-state index >= 15 is 0 Å². The second-order valence-corrected chi connectivity index (χ2v) is 5.48. The number of nitrogens with zero attached hydrogens (tertiary/aromatic N) is 2. The van der Waals surface area contributed by atoms with E-state index in [-0.39, 0.29) is 6.04 Å². The van der Waals surface area contributed by atoms with Crippen molar-refractivity contribution in [3.05, 3.63) is 47.3 Å². The first-order chi connectivity index (χ1) is 10.3. The maximum absolute atomic E-state index is 5.87. The van der Waals surface area contributed by atoms with Gasteiger partial charge in [-0.2, -0.15) is 5.10 Å². The number of aromatic nitrogens is 2. The van der Waals surface area contributed by atoms with Crippen LogP contribution in [0.3, 0.4) is 0 Å². The van der Waals surface area contributed by atoms with Crippen molar-refractivity contribution in [2.75, 3.05) is 7.11 Å². The van der Waals surface area contributed by atoms with E-state index in [0.717, 1.165) is 30.8 Å². The van der Waals surface area contributed by atoms with Crippen LogP contribution >= 0.6 is 0 Å². The molecular weight excluding hydrogens is 264 g/mol. The molecule has 21 heavy (non-hydrogen) atoms. The molecule has 0 saturated carbocycles. The largest absolute Gasteiger partial charge is 0.493 e. The molecule has 112 valence electrons. The lowest BCUT2D eigenvalue weighted by Gasteiger charge is -2.36. The monoisotopic (exact) mass is 286 g/mol. The molecule has 0 saturated heterocycles. The molecule has 0 fully saturated rings. The number of methoxy groups -OCH3 is 1. The lowest BCUT2D eigenvalue weighted by atomic mass is 9.72. The van der Waals surface area contributed by atoms with E-state index < -0.39 is 0 Å². The van der Waals surface area contributed by atoms with Crippen molar-refractivity contribution >= 4 is 0 Å². The zero-order valence-electron chi connectivity index (χ0n) is 12.5. The highest BCUT2D eigenvalue weighted by molar-refractivity contribution is 5.44.